The number of nitrogens with one attached hydrogen (secondary N) is 1. The molecule has 2 saturated heterocycles. The van der Waals surface area contributed by atoms with E-state index in [4.69, 9.17) is 0 Å². The number of amides is 1. The summed E-state index contributed by atoms with van der Waals surface area (Å²) in [5.74, 6) is -0.727. The molecule has 0 spiro atoms. The van der Waals surface area contributed by atoms with E-state index >= 15 is 0 Å². The van der Waals surface area contributed by atoms with E-state index in [1.807, 2.05) is 0 Å². The second-order valence-corrected chi connectivity index (χ2v) is 4.86. The van der Waals surface area contributed by atoms with Crippen LogP contribution >= 0.6 is 0 Å². The molecule has 98 valence electrons. The largest absolute Gasteiger partial charge is 0.404 e. The molecule has 1 unspecified atom stereocenters. The molecule has 0 aromatic heterocycles. The molecule has 0 bridgehead atoms. The van der Waals surface area contributed by atoms with Crippen molar-refractivity contribution < 1.29 is 18.0 Å². The third-order valence-electron chi connectivity index (χ3n) is 3.75. The Kier molecular flexibility index (Phi) is 3.34. The normalized spacial score (nSPS) is 30.6. The van der Waals surface area contributed by atoms with Crippen molar-refractivity contribution in [1.82, 2.24) is 10.2 Å². The van der Waals surface area contributed by atoms with Gasteiger partial charge < -0.3 is 10.2 Å². The molecule has 2 fully saturated rings. The molecule has 0 aliphatic carbocycles. The Bertz CT molecular complexity index is 292. The fourth-order valence-electron chi connectivity index (χ4n) is 2.64. The van der Waals surface area contributed by atoms with Gasteiger partial charge in [-0.25, -0.2) is 0 Å². The first kappa shape index (κ1) is 12.7. The number of carbonyl (C=O) groups excluding carboxylic acids is 1. The van der Waals surface area contributed by atoms with Gasteiger partial charge >= 0.3 is 6.18 Å². The van der Waals surface area contributed by atoms with Gasteiger partial charge in [0.25, 0.3) is 0 Å². The molecular formula is C11H17F3N2O. The third-order valence-corrected chi connectivity index (χ3v) is 3.75. The monoisotopic (exact) mass is 250 g/mol. The van der Waals surface area contributed by atoms with Gasteiger partial charge in [0.05, 0.1) is 0 Å². The third kappa shape index (κ3) is 2.14. The zero-order valence-electron chi connectivity index (χ0n) is 9.65. The van der Waals surface area contributed by atoms with Gasteiger partial charge in [-0.15, -0.1) is 0 Å². The highest BCUT2D eigenvalue weighted by molar-refractivity contribution is 5.84. The number of alkyl halides is 3. The van der Waals surface area contributed by atoms with Crippen molar-refractivity contribution in [3.8, 4) is 0 Å². The van der Waals surface area contributed by atoms with E-state index in [9.17, 15) is 18.0 Å². The molecule has 6 heteroatoms. The Balaban J connectivity index is 2.18. The fourth-order valence-corrected chi connectivity index (χ4v) is 2.64. The first-order valence-corrected chi connectivity index (χ1v) is 6.04. The fraction of sp³-hybridized carbons (Fsp3) is 0.909. The van der Waals surface area contributed by atoms with E-state index < -0.39 is 17.5 Å². The van der Waals surface area contributed by atoms with E-state index in [0.717, 1.165) is 19.3 Å². The van der Waals surface area contributed by atoms with Crippen molar-refractivity contribution in [2.45, 2.75) is 31.9 Å². The minimum Gasteiger partial charge on any atom is -0.342 e. The molecule has 3 nitrogen and oxygen atoms in total. The van der Waals surface area contributed by atoms with Gasteiger partial charge in [0.15, 0.2) is 5.41 Å². The molecule has 2 aliphatic heterocycles. The number of rotatable bonds is 1. The van der Waals surface area contributed by atoms with Crippen LogP contribution in [-0.2, 0) is 4.79 Å². The maximum Gasteiger partial charge on any atom is 0.404 e. The summed E-state index contributed by atoms with van der Waals surface area (Å²) in [4.78, 5) is 13.5. The quantitative estimate of drug-likeness (QED) is 0.765. The van der Waals surface area contributed by atoms with Crippen LogP contribution in [0.2, 0.25) is 0 Å². The zero-order chi connectivity index (χ0) is 12.5. The highest BCUT2D eigenvalue weighted by Crippen LogP contribution is 2.44. The van der Waals surface area contributed by atoms with Crippen LogP contribution in [0.5, 0.6) is 0 Å². The molecule has 1 N–H and O–H groups in total. The maximum atomic E-state index is 13.1. The first-order chi connectivity index (χ1) is 7.97. The number of piperidine rings is 1. The van der Waals surface area contributed by atoms with Crippen molar-refractivity contribution in [2.24, 2.45) is 5.41 Å². The van der Waals surface area contributed by atoms with Crippen LogP contribution in [0, 0.1) is 5.41 Å². The summed E-state index contributed by atoms with van der Waals surface area (Å²) in [6.45, 7) is 0.929. The highest BCUT2D eigenvalue weighted by atomic mass is 19.4. The highest BCUT2D eigenvalue weighted by Gasteiger charge is 2.62. The zero-order valence-corrected chi connectivity index (χ0v) is 9.65. The van der Waals surface area contributed by atoms with Crippen molar-refractivity contribution in [1.29, 1.82) is 0 Å². The summed E-state index contributed by atoms with van der Waals surface area (Å²) in [5.41, 5.74) is -2.18. The standard InChI is InChI=1S/C11H17F3N2O/c12-11(13,14)10(4-5-15-8-10)9(17)16-6-2-1-3-7-16/h15H,1-8H2. The van der Waals surface area contributed by atoms with Gasteiger partial charge in [-0.05, 0) is 32.2 Å². The van der Waals surface area contributed by atoms with E-state index in [1.165, 1.54) is 4.90 Å². The Morgan fingerprint density at radius 3 is 2.29 bits per heavy atom. The molecule has 1 atom stereocenters. The van der Waals surface area contributed by atoms with Crippen molar-refractivity contribution in [3.63, 3.8) is 0 Å². The minimum absolute atomic E-state index is 0.133. The summed E-state index contributed by atoms with van der Waals surface area (Å²) in [6.07, 6.45) is -1.96. The molecule has 0 saturated carbocycles. The predicted molar refractivity (Wildman–Crippen MR) is 56.4 cm³/mol. The van der Waals surface area contributed by atoms with Crippen LogP contribution in [0.3, 0.4) is 0 Å². The number of hydrogen-bond donors (Lipinski definition) is 1. The van der Waals surface area contributed by atoms with Gasteiger partial charge in [0.2, 0.25) is 5.91 Å². The molecule has 0 aromatic carbocycles. The molecule has 0 aromatic rings. The predicted octanol–water partition coefficient (Wildman–Crippen LogP) is 1.54. The van der Waals surface area contributed by atoms with Gasteiger partial charge in [-0.3, -0.25) is 4.79 Å². The Morgan fingerprint density at radius 2 is 1.82 bits per heavy atom. The number of nitrogens with zero attached hydrogens (tertiary/aromatic N) is 1. The van der Waals surface area contributed by atoms with Crippen molar-refractivity contribution in [2.75, 3.05) is 26.2 Å². The number of halogens is 3. The smallest absolute Gasteiger partial charge is 0.342 e. The molecule has 2 rings (SSSR count). The van der Waals surface area contributed by atoms with Gasteiger partial charge in [0.1, 0.15) is 0 Å². The molecule has 1 amide bonds. The van der Waals surface area contributed by atoms with Crippen LogP contribution in [0.1, 0.15) is 25.7 Å². The van der Waals surface area contributed by atoms with Crippen LogP contribution < -0.4 is 5.32 Å². The van der Waals surface area contributed by atoms with Crippen molar-refractivity contribution in [3.05, 3.63) is 0 Å². The molecular weight excluding hydrogens is 233 g/mol. The van der Waals surface area contributed by atoms with E-state index in [2.05, 4.69) is 5.32 Å². The Hall–Kier alpha value is -0.780. The number of carbonyl (C=O) groups is 1. The lowest BCUT2D eigenvalue weighted by atomic mass is 9.84. The number of likely N-dealkylation sites (tertiary alicyclic amines) is 1. The van der Waals surface area contributed by atoms with Gasteiger partial charge in [0, 0.05) is 19.6 Å². The lowest BCUT2D eigenvalue weighted by Crippen LogP contribution is -2.54. The van der Waals surface area contributed by atoms with Gasteiger partial charge in [-0.1, -0.05) is 0 Å². The topological polar surface area (TPSA) is 32.3 Å². The number of hydrogen-bond acceptors (Lipinski definition) is 2. The van der Waals surface area contributed by atoms with Crippen LogP contribution in [0.15, 0.2) is 0 Å². The summed E-state index contributed by atoms with van der Waals surface area (Å²) in [7, 11) is 0. The van der Waals surface area contributed by atoms with Crippen LogP contribution in [0.4, 0.5) is 13.2 Å². The maximum absolute atomic E-state index is 13.1. The lowest BCUT2D eigenvalue weighted by molar-refractivity contribution is -0.222. The average Bonchev–Trinajstić information content (AvgIpc) is 2.79. The van der Waals surface area contributed by atoms with Crippen molar-refractivity contribution >= 4 is 5.91 Å². The lowest BCUT2D eigenvalue weighted by Gasteiger charge is -2.37. The first-order valence-electron chi connectivity index (χ1n) is 6.04. The average molecular weight is 250 g/mol. The second kappa shape index (κ2) is 4.48. The van der Waals surface area contributed by atoms with E-state index in [1.54, 1.807) is 0 Å². The van der Waals surface area contributed by atoms with Crippen LogP contribution in [-0.4, -0.2) is 43.2 Å². The molecule has 17 heavy (non-hydrogen) atoms. The summed E-state index contributed by atoms with van der Waals surface area (Å²) in [6, 6.07) is 0. The minimum atomic E-state index is -4.45. The Labute approximate surface area is 98.3 Å². The SMILES string of the molecule is O=C(N1CCCCC1)C1(C(F)(F)F)CCNC1. The summed E-state index contributed by atoms with van der Waals surface area (Å²) < 4.78 is 39.4. The second-order valence-electron chi connectivity index (χ2n) is 4.86. The van der Waals surface area contributed by atoms with E-state index in [0.29, 0.717) is 13.1 Å². The summed E-state index contributed by atoms with van der Waals surface area (Å²) >= 11 is 0. The molecule has 2 aliphatic rings. The molecule has 2 heterocycles. The van der Waals surface area contributed by atoms with E-state index in [-0.39, 0.29) is 19.5 Å². The van der Waals surface area contributed by atoms with Gasteiger partial charge in [-0.2, -0.15) is 13.2 Å². The Morgan fingerprint density at radius 1 is 1.18 bits per heavy atom. The van der Waals surface area contributed by atoms with Crippen LogP contribution in [0.25, 0.3) is 0 Å². The molecule has 0 radical (unpaired) electrons. The summed E-state index contributed by atoms with van der Waals surface area (Å²) in [5, 5.41) is 2.67.